The van der Waals surface area contributed by atoms with Crippen LogP contribution in [0.2, 0.25) is 0 Å². The molecule has 0 spiro atoms. The molecule has 0 aromatic carbocycles. The number of primary amides is 2. The Hall–Kier alpha value is -1.06. The van der Waals surface area contributed by atoms with Gasteiger partial charge in [0.05, 0.1) is 0 Å². The summed E-state index contributed by atoms with van der Waals surface area (Å²) in [6, 6.07) is 0. The van der Waals surface area contributed by atoms with E-state index in [2.05, 4.69) is 6.92 Å². The van der Waals surface area contributed by atoms with E-state index in [4.69, 9.17) is 11.5 Å². The zero-order chi connectivity index (χ0) is 17.6. The summed E-state index contributed by atoms with van der Waals surface area (Å²) in [6.45, 7) is 2.20. The molecule has 0 heterocycles. The maximum absolute atomic E-state index is 11.5. The molecule has 4 aliphatic rings. The van der Waals surface area contributed by atoms with Crippen LogP contribution in [0.1, 0.15) is 90.4 Å². The first-order valence-electron chi connectivity index (χ1n) is 10.0. The van der Waals surface area contributed by atoms with Crippen molar-refractivity contribution in [1.82, 2.24) is 0 Å². The molecular weight excluding hydrogens is 300 g/mol. The van der Waals surface area contributed by atoms with Crippen LogP contribution < -0.4 is 11.5 Å². The number of hydrogen-bond acceptors (Lipinski definition) is 2. The quantitative estimate of drug-likeness (QED) is 0.658. The Morgan fingerprint density at radius 1 is 0.833 bits per heavy atom. The molecule has 0 aromatic heterocycles. The van der Waals surface area contributed by atoms with E-state index in [0.29, 0.717) is 6.42 Å². The first kappa shape index (κ1) is 19.3. The summed E-state index contributed by atoms with van der Waals surface area (Å²) in [5.41, 5.74) is 10.5. The van der Waals surface area contributed by atoms with Crippen molar-refractivity contribution >= 4 is 11.8 Å². The van der Waals surface area contributed by atoms with Crippen LogP contribution in [0.25, 0.3) is 0 Å². The van der Waals surface area contributed by atoms with Crippen molar-refractivity contribution in [2.75, 3.05) is 0 Å². The van der Waals surface area contributed by atoms with E-state index in [0.717, 1.165) is 49.9 Å². The van der Waals surface area contributed by atoms with Gasteiger partial charge in [0.15, 0.2) is 0 Å². The molecule has 0 saturated heterocycles. The third kappa shape index (κ3) is 5.22. The lowest BCUT2D eigenvalue weighted by Gasteiger charge is -2.55. The molecule has 4 fully saturated rings. The number of hydrogen-bond donors (Lipinski definition) is 2. The van der Waals surface area contributed by atoms with Crippen molar-refractivity contribution in [2.45, 2.75) is 90.4 Å². The van der Waals surface area contributed by atoms with Crippen LogP contribution in [0, 0.1) is 23.2 Å². The van der Waals surface area contributed by atoms with Crippen LogP contribution in [-0.4, -0.2) is 11.8 Å². The lowest BCUT2D eigenvalue weighted by atomic mass is 9.49. The van der Waals surface area contributed by atoms with Gasteiger partial charge in [-0.25, -0.2) is 0 Å². The lowest BCUT2D eigenvalue weighted by Crippen LogP contribution is -2.52. The smallest absolute Gasteiger partial charge is 0.223 e. The molecule has 4 nitrogen and oxygen atoms in total. The molecule has 138 valence electrons. The Balaban J connectivity index is 0.000000178. The Morgan fingerprint density at radius 2 is 1.29 bits per heavy atom. The number of unbranched alkanes of at least 4 members (excludes halogenated alkanes) is 5. The maximum atomic E-state index is 11.5. The Morgan fingerprint density at radius 3 is 1.71 bits per heavy atom. The van der Waals surface area contributed by atoms with E-state index in [9.17, 15) is 9.59 Å². The highest BCUT2D eigenvalue weighted by Crippen LogP contribution is 2.59. The normalized spacial score (nSPS) is 33.0. The van der Waals surface area contributed by atoms with Crippen LogP contribution in [0.5, 0.6) is 0 Å². The molecule has 24 heavy (non-hydrogen) atoms. The summed E-state index contributed by atoms with van der Waals surface area (Å²) in [4.78, 5) is 21.8. The summed E-state index contributed by atoms with van der Waals surface area (Å²) < 4.78 is 0. The molecule has 4 rings (SSSR count). The second-order valence-electron chi connectivity index (χ2n) is 8.55. The molecule has 4 aliphatic carbocycles. The van der Waals surface area contributed by atoms with E-state index in [1.165, 1.54) is 44.9 Å². The van der Waals surface area contributed by atoms with Crippen molar-refractivity contribution in [1.29, 1.82) is 0 Å². The summed E-state index contributed by atoms with van der Waals surface area (Å²) in [7, 11) is 0. The van der Waals surface area contributed by atoms with Crippen LogP contribution >= 0.6 is 0 Å². The summed E-state index contributed by atoms with van der Waals surface area (Å²) in [6.07, 6.45) is 15.3. The van der Waals surface area contributed by atoms with Crippen molar-refractivity contribution in [3.63, 3.8) is 0 Å². The summed E-state index contributed by atoms with van der Waals surface area (Å²) in [5, 5.41) is 0. The third-order valence-electron chi connectivity index (χ3n) is 6.34. The summed E-state index contributed by atoms with van der Waals surface area (Å²) in [5.74, 6) is 2.32. The number of amides is 2. The van der Waals surface area contributed by atoms with Gasteiger partial charge in [-0.3, -0.25) is 9.59 Å². The average Bonchev–Trinajstić information content (AvgIpc) is 2.50. The highest BCUT2D eigenvalue weighted by molar-refractivity contribution is 5.81. The average molecular weight is 337 g/mol. The number of carbonyl (C=O) groups is 2. The third-order valence-corrected chi connectivity index (χ3v) is 6.34. The fraction of sp³-hybridized carbons (Fsp3) is 0.900. The molecule has 4 N–H and O–H groups in total. The van der Waals surface area contributed by atoms with Crippen LogP contribution in [0.4, 0.5) is 0 Å². The molecule has 0 aromatic rings. The van der Waals surface area contributed by atoms with Crippen LogP contribution in [-0.2, 0) is 9.59 Å². The molecule has 4 bridgehead atoms. The minimum atomic E-state index is -0.166. The minimum absolute atomic E-state index is 0.00778. The van der Waals surface area contributed by atoms with Gasteiger partial charge in [-0.05, 0) is 62.7 Å². The van der Waals surface area contributed by atoms with Gasteiger partial charge >= 0.3 is 0 Å². The molecule has 0 radical (unpaired) electrons. The van der Waals surface area contributed by atoms with Gasteiger partial charge in [0.25, 0.3) is 0 Å². The van der Waals surface area contributed by atoms with Crippen molar-refractivity contribution in [3.05, 3.63) is 0 Å². The monoisotopic (exact) mass is 336 g/mol. The van der Waals surface area contributed by atoms with Crippen molar-refractivity contribution in [3.8, 4) is 0 Å². The first-order chi connectivity index (χ1) is 11.4. The first-order valence-corrected chi connectivity index (χ1v) is 10.0. The fourth-order valence-corrected chi connectivity index (χ4v) is 5.49. The van der Waals surface area contributed by atoms with Gasteiger partial charge in [-0.2, -0.15) is 0 Å². The number of carbonyl (C=O) groups excluding carboxylic acids is 2. The molecule has 0 aliphatic heterocycles. The van der Waals surface area contributed by atoms with Crippen LogP contribution in [0.3, 0.4) is 0 Å². The molecule has 0 atom stereocenters. The van der Waals surface area contributed by atoms with Gasteiger partial charge in [-0.15, -0.1) is 0 Å². The predicted octanol–water partition coefficient (Wildman–Crippen LogP) is 3.91. The topological polar surface area (TPSA) is 86.2 Å². The minimum Gasteiger partial charge on any atom is -0.370 e. The predicted molar refractivity (Wildman–Crippen MR) is 97.0 cm³/mol. The molecule has 2 amide bonds. The van der Waals surface area contributed by atoms with Crippen molar-refractivity contribution in [2.24, 2.45) is 34.6 Å². The van der Waals surface area contributed by atoms with Gasteiger partial charge < -0.3 is 11.5 Å². The largest absolute Gasteiger partial charge is 0.370 e. The Kier molecular flexibility index (Phi) is 7.12. The molecular formula is C20H36N2O2. The van der Waals surface area contributed by atoms with Gasteiger partial charge in [0.1, 0.15) is 0 Å². The second-order valence-corrected chi connectivity index (χ2v) is 8.55. The Bertz CT molecular complexity index is 398. The molecule has 4 saturated carbocycles. The second kappa shape index (κ2) is 8.87. The number of rotatable bonds is 8. The van der Waals surface area contributed by atoms with E-state index in [-0.39, 0.29) is 17.2 Å². The van der Waals surface area contributed by atoms with Gasteiger partial charge in [-0.1, -0.05) is 39.0 Å². The van der Waals surface area contributed by atoms with E-state index in [1.807, 2.05) is 0 Å². The Labute approximate surface area is 147 Å². The maximum Gasteiger partial charge on any atom is 0.223 e. The SMILES string of the molecule is CCCCCCCCC(N)=O.NC(=O)C12CC3CC(CC(C3)C1)C2. The zero-order valence-corrected chi connectivity index (χ0v) is 15.4. The van der Waals surface area contributed by atoms with E-state index in [1.54, 1.807) is 0 Å². The molecule has 0 unspecified atom stereocenters. The van der Waals surface area contributed by atoms with Crippen LogP contribution in [0.15, 0.2) is 0 Å². The fourth-order valence-electron chi connectivity index (χ4n) is 5.49. The van der Waals surface area contributed by atoms with Crippen molar-refractivity contribution < 1.29 is 9.59 Å². The summed E-state index contributed by atoms with van der Waals surface area (Å²) >= 11 is 0. The standard InChI is InChI=1S/C11H17NO.C9H19NO/c12-10(13)11-4-7-1-8(5-11)3-9(2-7)6-11;1-2-3-4-5-6-7-8-9(10)11/h7-9H,1-6H2,(H2,12,13);2-8H2,1H3,(H2,10,11). The van der Waals surface area contributed by atoms with Gasteiger partial charge in [0.2, 0.25) is 11.8 Å². The van der Waals surface area contributed by atoms with E-state index < -0.39 is 0 Å². The number of nitrogens with two attached hydrogens (primary N) is 2. The molecule has 4 heteroatoms. The zero-order valence-electron chi connectivity index (χ0n) is 15.4. The highest BCUT2D eigenvalue weighted by atomic mass is 16.1. The highest BCUT2D eigenvalue weighted by Gasteiger charge is 2.53. The van der Waals surface area contributed by atoms with Gasteiger partial charge in [0, 0.05) is 11.8 Å². The lowest BCUT2D eigenvalue weighted by molar-refractivity contribution is -0.142. The van der Waals surface area contributed by atoms with E-state index >= 15 is 0 Å².